The third-order valence-corrected chi connectivity index (χ3v) is 5.11. The third-order valence-electron chi connectivity index (χ3n) is 5.11. The molecule has 1 fully saturated rings. The first-order valence-electron chi connectivity index (χ1n) is 9.28. The lowest BCUT2D eigenvalue weighted by Gasteiger charge is -2.36. The molecule has 0 saturated carbocycles. The summed E-state index contributed by atoms with van der Waals surface area (Å²) in [5, 5.41) is 3.55. The van der Waals surface area contributed by atoms with Crippen LogP contribution in [0.2, 0.25) is 0 Å². The predicted octanol–water partition coefficient (Wildman–Crippen LogP) is 2.82. The number of pyridine rings is 1. The van der Waals surface area contributed by atoms with Gasteiger partial charge in [0, 0.05) is 48.1 Å². The van der Waals surface area contributed by atoms with E-state index >= 15 is 4.39 Å². The number of alkyl halides is 1. The Bertz CT molecular complexity index is 1000. The number of piperidine rings is 1. The number of H-pyrrole nitrogens is 1. The number of halogens is 1. The van der Waals surface area contributed by atoms with Gasteiger partial charge in [-0.1, -0.05) is 6.07 Å². The quantitative estimate of drug-likeness (QED) is 0.731. The zero-order valence-corrected chi connectivity index (χ0v) is 15.3. The minimum atomic E-state index is -2.09. The van der Waals surface area contributed by atoms with Crippen molar-refractivity contribution in [1.29, 1.82) is 0 Å². The van der Waals surface area contributed by atoms with E-state index in [-0.39, 0.29) is 25.4 Å². The lowest BCUT2D eigenvalue weighted by Crippen LogP contribution is -2.55. The van der Waals surface area contributed by atoms with E-state index in [1.807, 2.05) is 18.2 Å². The number of aromatic amines is 1. The van der Waals surface area contributed by atoms with Crippen molar-refractivity contribution < 1.29 is 14.0 Å². The van der Waals surface area contributed by atoms with Gasteiger partial charge in [0.2, 0.25) is 5.67 Å². The molecule has 0 spiro atoms. The number of carbonyl (C=O) groups excluding carboxylic acids is 2. The van der Waals surface area contributed by atoms with Crippen molar-refractivity contribution in [1.82, 2.24) is 20.2 Å². The molecule has 1 aromatic carbocycles. The summed E-state index contributed by atoms with van der Waals surface area (Å²) in [4.78, 5) is 33.8. The fourth-order valence-electron chi connectivity index (χ4n) is 3.58. The number of fused-ring (bicyclic) bond motifs is 1. The van der Waals surface area contributed by atoms with E-state index in [9.17, 15) is 9.59 Å². The summed E-state index contributed by atoms with van der Waals surface area (Å²) < 4.78 is 15.4. The molecule has 7 heteroatoms. The second-order valence-corrected chi connectivity index (χ2v) is 7.12. The van der Waals surface area contributed by atoms with Crippen LogP contribution in [0.5, 0.6) is 0 Å². The summed E-state index contributed by atoms with van der Waals surface area (Å²) in [6.45, 7) is 0.401. The zero-order chi connectivity index (χ0) is 19.6. The molecule has 0 bridgehead atoms. The average molecular weight is 380 g/mol. The van der Waals surface area contributed by atoms with Crippen molar-refractivity contribution in [2.75, 3.05) is 13.1 Å². The largest absolute Gasteiger partial charge is 0.361 e. The molecule has 144 valence electrons. The van der Waals surface area contributed by atoms with E-state index in [0.717, 1.165) is 16.5 Å². The first-order chi connectivity index (χ1) is 13.5. The molecule has 1 aliphatic rings. The number of hydrogen-bond donors (Lipinski definition) is 2. The lowest BCUT2D eigenvalue weighted by molar-refractivity contribution is -0.136. The highest BCUT2D eigenvalue weighted by Gasteiger charge is 2.43. The van der Waals surface area contributed by atoms with Gasteiger partial charge in [-0.25, -0.2) is 4.39 Å². The maximum absolute atomic E-state index is 15.4. The molecular formula is C21H21FN4O2. The van der Waals surface area contributed by atoms with Gasteiger partial charge < -0.3 is 15.2 Å². The van der Waals surface area contributed by atoms with E-state index in [4.69, 9.17) is 0 Å². The summed E-state index contributed by atoms with van der Waals surface area (Å²) >= 11 is 0. The summed E-state index contributed by atoms with van der Waals surface area (Å²) in [5.41, 5.74) is 0.133. The van der Waals surface area contributed by atoms with Crippen molar-refractivity contribution in [3.8, 4) is 0 Å². The van der Waals surface area contributed by atoms with E-state index in [1.165, 1.54) is 4.90 Å². The van der Waals surface area contributed by atoms with E-state index in [2.05, 4.69) is 15.3 Å². The van der Waals surface area contributed by atoms with Gasteiger partial charge in [0.25, 0.3) is 11.8 Å². The number of hydrogen-bond acceptors (Lipinski definition) is 3. The molecule has 0 radical (unpaired) electrons. The highest BCUT2D eigenvalue weighted by molar-refractivity contribution is 5.98. The van der Waals surface area contributed by atoms with Gasteiger partial charge >= 0.3 is 0 Å². The monoisotopic (exact) mass is 380 g/mol. The highest BCUT2D eigenvalue weighted by atomic mass is 19.1. The molecule has 3 heterocycles. The maximum atomic E-state index is 15.4. The van der Waals surface area contributed by atoms with Crippen LogP contribution in [-0.2, 0) is 11.3 Å². The lowest BCUT2D eigenvalue weighted by atomic mass is 9.93. The van der Waals surface area contributed by atoms with Crippen LogP contribution in [0.4, 0.5) is 4.39 Å². The Morgan fingerprint density at radius 3 is 3.00 bits per heavy atom. The Morgan fingerprint density at radius 1 is 1.29 bits per heavy atom. The number of benzene rings is 1. The van der Waals surface area contributed by atoms with Crippen molar-refractivity contribution >= 4 is 22.7 Å². The van der Waals surface area contributed by atoms with Gasteiger partial charge in [-0.15, -0.1) is 0 Å². The molecule has 4 rings (SSSR count). The van der Waals surface area contributed by atoms with Gasteiger partial charge in [-0.2, -0.15) is 0 Å². The van der Waals surface area contributed by atoms with Gasteiger partial charge in [-0.3, -0.25) is 14.6 Å². The molecule has 2 N–H and O–H groups in total. The summed E-state index contributed by atoms with van der Waals surface area (Å²) in [7, 11) is 0. The van der Waals surface area contributed by atoms with Crippen LogP contribution < -0.4 is 5.32 Å². The van der Waals surface area contributed by atoms with Crippen LogP contribution in [0, 0.1) is 0 Å². The number of nitrogens with zero attached hydrogens (tertiary/aromatic N) is 2. The maximum Gasteiger partial charge on any atom is 0.259 e. The Morgan fingerprint density at radius 2 is 2.18 bits per heavy atom. The topological polar surface area (TPSA) is 78.1 Å². The molecule has 1 atom stereocenters. The normalized spacial score (nSPS) is 19.5. The molecular weight excluding hydrogens is 359 g/mol. The number of carbonyl (C=O) groups is 2. The molecule has 28 heavy (non-hydrogen) atoms. The fraction of sp³-hybridized carbons (Fsp3) is 0.286. The van der Waals surface area contributed by atoms with Crippen LogP contribution in [0.15, 0.2) is 55.0 Å². The zero-order valence-electron chi connectivity index (χ0n) is 15.3. The second-order valence-electron chi connectivity index (χ2n) is 7.12. The first kappa shape index (κ1) is 18.2. The van der Waals surface area contributed by atoms with Crippen molar-refractivity contribution in [2.45, 2.75) is 25.1 Å². The van der Waals surface area contributed by atoms with Gasteiger partial charge in [-0.05, 0) is 48.7 Å². The Kier molecular flexibility index (Phi) is 4.81. The van der Waals surface area contributed by atoms with Crippen LogP contribution >= 0.6 is 0 Å². The Hall–Kier alpha value is -3.22. The highest BCUT2D eigenvalue weighted by Crippen LogP contribution is 2.27. The van der Waals surface area contributed by atoms with Crippen molar-refractivity contribution in [3.63, 3.8) is 0 Å². The smallest absolute Gasteiger partial charge is 0.259 e. The molecule has 0 aliphatic carbocycles. The summed E-state index contributed by atoms with van der Waals surface area (Å²) in [6.07, 6.45) is 5.61. The molecule has 1 unspecified atom stereocenters. The number of nitrogens with one attached hydrogen (secondary N) is 2. The average Bonchev–Trinajstić information content (AvgIpc) is 3.20. The molecule has 1 aliphatic heterocycles. The van der Waals surface area contributed by atoms with Gasteiger partial charge in [0.05, 0.1) is 6.54 Å². The summed E-state index contributed by atoms with van der Waals surface area (Å²) in [5.74, 6) is -0.945. The fourth-order valence-corrected chi connectivity index (χ4v) is 3.58. The standard InChI is InChI=1S/C21H21FN4O2/c22-21(20(28)25-13-15-3-1-8-23-12-15)7-2-10-26(14-21)19(27)17-4-5-18-16(11-17)6-9-24-18/h1,3-6,8-9,11-12,24H,2,7,10,13-14H2,(H,25,28). The number of amides is 2. The molecule has 3 aromatic rings. The molecule has 2 aromatic heterocycles. The van der Waals surface area contributed by atoms with E-state index in [1.54, 1.807) is 36.8 Å². The van der Waals surface area contributed by atoms with Crippen molar-refractivity contribution in [2.24, 2.45) is 0 Å². The minimum Gasteiger partial charge on any atom is -0.361 e. The van der Waals surface area contributed by atoms with E-state index in [0.29, 0.717) is 18.5 Å². The van der Waals surface area contributed by atoms with Crippen LogP contribution in [0.25, 0.3) is 10.9 Å². The number of rotatable bonds is 4. The number of aromatic nitrogens is 2. The molecule has 6 nitrogen and oxygen atoms in total. The predicted molar refractivity (Wildman–Crippen MR) is 103 cm³/mol. The van der Waals surface area contributed by atoms with Crippen molar-refractivity contribution in [3.05, 3.63) is 66.1 Å². The van der Waals surface area contributed by atoms with Gasteiger partial charge in [0.1, 0.15) is 0 Å². The van der Waals surface area contributed by atoms with Crippen LogP contribution in [0.1, 0.15) is 28.8 Å². The minimum absolute atomic E-state index is 0.104. The Balaban J connectivity index is 1.44. The second kappa shape index (κ2) is 7.42. The first-order valence-corrected chi connectivity index (χ1v) is 9.28. The van der Waals surface area contributed by atoms with E-state index < -0.39 is 11.6 Å². The molecule has 1 saturated heterocycles. The van der Waals surface area contributed by atoms with Crippen LogP contribution in [0.3, 0.4) is 0 Å². The number of likely N-dealkylation sites (tertiary alicyclic amines) is 1. The Labute approximate surface area is 161 Å². The molecule has 2 amide bonds. The SMILES string of the molecule is O=C(c1ccc2[nH]ccc2c1)N1CCCC(F)(C(=O)NCc2cccnc2)C1. The van der Waals surface area contributed by atoms with Gasteiger partial charge in [0.15, 0.2) is 0 Å². The third kappa shape index (κ3) is 3.60. The summed E-state index contributed by atoms with van der Waals surface area (Å²) in [6, 6.07) is 10.8. The van der Waals surface area contributed by atoms with Crippen LogP contribution in [-0.4, -0.2) is 45.4 Å².